The van der Waals surface area contributed by atoms with Gasteiger partial charge in [0, 0.05) is 0 Å². The zero-order chi connectivity index (χ0) is 14.8. The van der Waals surface area contributed by atoms with E-state index in [1.165, 1.54) is 36.0 Å². The summed E-state index contributed by atoms with van der Waals surface area (Å²) in [5.41, 5.74) is 4.18. The van der Waals surface area contributed by atoms with Gasteiger partial charge in [-0.2, -0.15) is 0 Å². The van der Waals surface area contributed by atoms with Crippen LogP contribution in [0.5, 0.6) is 0 Å². The Labute approximate surface area is 122 Å². The van der Waals surface area contributed by atoms with Crippen LogP contribution in [0.4, 0.5) is 0 Å². The van der Waals surface area contributed by atoms with Crippen molar-refractivity contribution >= 4 is 11.4 Å². The standard InChI is InChI=1S/C16H18.H2O3S/c1-2-3-9-14-12-7-8-13-16(14)15-10-5-4-6-11-15;1-4(2)3/h4-8,10-13H,2-3,9H2,1H3;(H2,1,2,3)/p-1. The van der Waals surface area contributed by atoms with E-state index in [1.807, 2.05) is 0 Å². The average molecular weight is 291 g/mol. The highest BCUT2D eigenvalue weighted by molar-refractivity contribution is 7.73. The number of rotatable bonds is 4. The van der Waals surface area contributed by atoms with Crippen molar-refractivity contribution in [2.75, 3.05) is 0 Å². The van der Waals surface area contributed by atoms with Gasteiger partial charge in [0.15, 0.2) is 0 Å². The molecule has 1 atom stereocenters. The first-order valence-corrected chi connectivity index (χ1v) is 7.60. The minimum absolute atomic E-state index is 1.18. The predicted octanol–water partition coefficient (Wildman–Crippen LogP) is 4.03. The van der Waals surface area contributed by atoms with Crippen molar-refractivity contribution in [2.24, 2.45) is 0 Å². The van der Waals surface area contributed by atoms with Crippen molar-refractivity contribution in [3.8, 4) is 11.1 Å². The maximum absolute atomic E-state index is 8.56. The molecule has 2 aromatic rings. The van der Waals surface area contributed by atoms with Crippen LogP contribution >= 0.6 is 0 Å². The number of hydrogen-bond acceptors (Lipinski definition) is 2. The van der Waals surface area contributed by atoms with E-state index in [-0.39, 0.29) is 0 Å². The molecule has 0 saturated heterocycles. The Hall–Kier alpha value is -1.49. The lowest BCUT2D eigenvalue weighted by Crippen LogP contribution is -1.89. The molecule has 108 valence electrons. The second-order valence-electron chi connectivity index (χ2n) is 4.34. The number of hydrogen-bond donors (Lipinski definition) is 1. The van der Waals surface area contributed by atoms with Crippen molar-refractivity contribution in [2.45, 2.75) is 26.2 Å². The van der Waals surface area contributed by atoms with Gasteiger partial charge in [0.2, 0.25) is 0 Å². The Morgan fingerprint density at radius 3 is 2.20 bits per heavy atom. The van der Waals surface area contributed by atoms with Crippen LogP contribution in [0.25, 0.3) is 11.1 Å². The minimum Gasteiger partial charge on any atom is -0.750 e. The van der Waals surface area contributed by atoms with Crippen molar-refractivity contribution < 1.29 is 13.3 Å². The van der Waals surface area contributed by atoms with E-state index in [1.54, 1.807) is 0 Å². The molecule has 0 bridgehead atoms. The zero-order valence-electron chi connectivity index (χ0n) is 11.5. The quantitative estimate of drug-likeness (QED) is 0.865. The van der Waals surface area contributed by atoms with Crippen molar-refractivity contribution in [3.63, 3.8) is 0 Å². The SMILES string of the molecule is CCCCc1ccccc1-c1ccccc1.O=S([O-])O. The fourth-order valence-corrected chi connectivity index (χ4v) is 2.00. The van der Waals surface area contributed by atoms with Crippen LogP contribution in [0.2, 0.25) is 0 Å². The Bertz CT molecular complexity index is 522. The Morgan fingerprint density at radius 2 is 1.60 bits per heavy atom. The molecule has 3 nitrogen and oxygen atoms in total. The monoisotopic (exact) mass is 291 g/mol. The van der Waals surface area contributed by atoms with Crippen LogP contribution in [0.15, 0.2) is 54.6 Å². The smallest absolute Gasteiger partial charge is 0.0814 e. The van der Waals surface area contributed by atoms with Crippen LogP contribution in [0.3, 0.4) is 0 Å². The molecule has 0 aliphatic heterocycles. The molecule has 0 heterocycles. The molecule has 0 fully saturated rings. The Morgan fingerprint density at radius 1 is 1.05 bits per heavy atom. The number of aryl methyl sites for hydroxylation is 1. The molecule has 0 aromatic heterocycles. The first-order chi connectivity index (χ1) is 9.65. The molecule has 2 aromatic carbocycles. The van der Waals surface area contributed by atoms with Gasteiger partial charge in [0.25, 0.3) is 0 Å². The largest absolute Gasteiger partial charge is 0.750 e. The molecule has 0 amide bonds. The van der Waals surface area contributed by atoms with Gasteiger partial charge in [0.1, 0.15) is 0 Å². The van der Waals surface area contributed by atoms with E-state index < -0.39 is 11.4 Å². The van der Waals surface area contributed by atoms with E-state index >= 15 is 0 Å². The molecule has 20 heavy (non-hydrogen) atoms. The average Bonchev–Trinajstić information content (AvgIpc) is 2.46. The third-order valence-corrected chi connectivity index (χ3v) is 2.90. The minimum atomic E-state index is -2.86. The molecule has 0 aliphatic rings. The van der Waals surface area contributed by atoms with Gasteiger partial charge in [-0.15, -0.1) is 0 Å². The van der Waals surface area contributed by atoms with Gasteiger partial charge >= 0.3 is 0 Å². The topological polar surface area (TPSA) is 60.4 Å². The lowest BCUT2D eigenvalue weighted by Gasteiger charge is -2.08. The summed E-state index contributed by atoms with van der Waals surface area (Å²) in [6, 6.07) is 19.4. The summed E-state index contributed by atoms with van der Waals surface area (Å²) in [6.07, 6.45) is 3.70. The fraction of sp³-hybridized carbons (Fsp3) is 0.250. The van der Waals surface area contributed by atoms with E-state index in [0.29, 0.717) is 0 Å². The second-order valence-corrected chi connectivity index (χ2v) is 4.78. The maximum Gasteiger partial charge on any atom is 0.0814 e. The summed E-state index contributed by atoms with van der Waals surface area (Å²) in [4.78, 5) is 0. The molecule has 1 unspecified atom stereocenters. The molecular formula is C16H19O3S-. The summed E-state index contributed by atoms with van der Waals surface area (Å²) in [7, 11) is 0. The van der Waals surface area contributed by atoms with Gasteiger partial charge < -0.3 is 9.11 Å². The van der Waals surface area contributed by atoms with Crippen LogP contribution in [0, 0.1) is 0 Å². The van der Waals surface area contributed by atoms with Crippen LogP contribution in [-0.4, -0.2) is 13.3 Å². The fourth-order valence-electron chi connectivity index (χ4n) is 2.00. The highest BCUT2D eigenvalue weighted by Gasteiger charge is 2.02. The van der Waals surface area contributed by atoms with Crippen LogP contribution in [-0.2, 0) is 17.8 Å². The molecule has 2 rings (SSSR count). The molecule has 4 heteroatoms. The molecule has 0 saturated carbocycles. The maximum atomic E-state index is 8.56. The summed E-state index contributed by atoms with van der Waals surface area (Å²) >= 11 is -2.86. The van der Waals surface area contributed by atoms with E-state index in [9.17, 15) is 0 Å². The highest BCUT2D eigenvalue weighted by Crippen LogP contribution is 2.24. The van der Waals surface area contributed by atoms with Crippen molar-refractivity contribution in [1.82, 2.24) is 0 Å². The highest BCUT2D eigenvalue weighted by atomic mass is 32.2. The normalized spacial score (nSPS) is 11.3. The lowest BCUT2D eigenvalue weighted by molar-refractivity contribution is 0.436. The first-order valence-electron chi connectivity index (χ1n) is 6.56. The molecular weight excluding hydrogens is 272 g/mol. The van der Waals surface area contributed by atoms with Gasteiger partial charge in [-0.25, -0.2) is 4.21 Å². The molecule has 0 spiro atoms. The third kappa shape index (κ3) is 6.10. The molecule has 1 N–H and O–H groups in total. The summed E-state index contributed by atoms with van der Waals surface area (Å²) in [5.74, 6) is 0. The lowest BCUT2D eigenvalue weighted by atomic mass is 9.96. The Kier molecular flexibility index (Phi) is 7.80. The number of unbranched alkanes of at least 4 members (excludes halogenated alkanes) is 1. The van der Waals surface area contributed by atoms with E-state index in [2.05, 4.69) is 61.5 Å². The third-order valence-electron chi connectivity index (χ3n) is 2.90. The van der Waals surface area contributed by atoms with Gasteiger partial charge in [-0.3, -0.25) is 0 Å². The second kappa shape index (κ2) is 9.42. The van der Waals surface area contributed by atoms with Crippen molar-refractivity contribution in [3.05, 3.63) is 60.2 Å². The summed E-state index contributed by atoms with van der Waals surface area (Å²) in [6.45, 7) is 2.24. The zero-order valence-corrected chi connectivity index (χ0v) is 12.3. The van der Waals surface area contributed by atoms with Crippen LogP contribution in [0.1, 0.15) is 25.3 Å². The summed E-state index contributed by atoms with van der Waals surface area (Å²) in [5, 5.41) is 0. The van der Waals surface area contributed by atoms with Gasteiger partial charge in [-0.05, 0) is 29.5 Å². The predicted molar refractivity (Wildman–Crippen MR) is 82.0 cm³/mol. The van der Waals surface area contributed by atoms with E-state index in [0.717, 1.165) is 0 Å². The molecule has 0 radical (unpaired) electrons. The van der Waals surface area contributed by atoms with Crippen LogP contribution < -0.4 is 0 Å². The molecule has 0 aliphatic carbocycles. The van der Waals surface area contributed by atoms with Gasteiger partial charge in [-0.1, -0.05) is 67.9 Å². The Balaban J connectivity index is 0.000000444. The van der Waals surface area contributed by atoms with E-state index in [4.69, 9.17) is 13.3 Å². The van der Waals surface area contributed by atoms with Crippen molar-refractivity contribution in [1.29, 1.82) is 0 Å². The number of benzene rings is 2. The first kappa shape index (κ1) is 16.6. The van der Waals surface area contributed by atoms with Gasteiger partial charge in [0.05, 0.1) is 11.4 Å². The summed E-state index contributed by atoms with van der Waals surface area (Å²) < 4.78 is 24.1.